The maximum absolute atomic E-state index is 13.4. The molecular weight excluding hydrogens is 436 g/mol. The van der Waals surface area contributed by atoms with E-state index in [2.05, 4.69) is 11.0 Å². The number of aromatic nitrogens is 1. The van der Waals surface area contributed by atoms with E-state index in [1.54, 1.807) is 22.7 Å². The highest BCUT2D eigenvalue weighted by atomic mass is 32.2. The third-order valence-electron chi connectivity index (χ3n) is 5.11. The van der Waals surface area contributed by atoms with Gasteiger partial charge in [-0.15, -0.1) is 11.8 Å². The number of amides is 1. The van der Waals surface area contributed by atoms with Crippen molar-refractivity contribution in [2.24, 2.45) is 0 Å². The van der Waals surface area contributed by atoms with Crippen molar-refractivity contribution in [2.45, 2.75) is 4.90 Å². The van der Waals surface area contributed by atoms with Crippen molar-refractivity contribution in [1.82, 2.24) is 9.88 Å². The Morgan fingerprint density at radius 3 is 2.84 bits per heavy atom. The summed E-state index contributed by atoms with van der Waals surface area (Å²) >= 11 is 3.11. The number of morpholine rings is 1. The predicted molar refractivity (Wildman–Crippen MR) is 123 cm³/mol. The summed E-state index contributed by atoms with van der Waals surface area (Å²) in [6, 6.07) is 11.9. The molecule has 2 heterocycles. The second-order valence-electron chi connectivity index (χ2n) is 7.05. The first-order valence-corrected chi connectivity index (χ1v) is 11.9. The van der Waals surface area contributed by atoms with Gasteiger partial charge in [0.05, 0.1) is 28.4 Å². The number of thioether (sulfide) groups is 1. The average Bonchev–Trinajstić information content (AvgIpc) is 3.22. The van der Waals surface area contributed by atoms with Crippen molar-refractivity contribution in [3.8, 4) is 0 Å². The second-order valence-corrected chi connectivity index (χ2v) is 8.94. The number of non-ortho nitro benzene ring substituents is 1. The van der Waals surface area contributed by atoms with Gasteiger partial charge in [-0.25, -0.2) is 4.98 Å². The zero-order valence-electron chi connectivity index (χ0n) is 17.0. The molecule has 1 saturated heterocycles. The first-order valence-electron chi connectivity index (χ1n) is 9.86. The Labute approximate surface area is 188 Å². The molecule has 0 aliphatic carbocycles. The molecule has 1 aromatic heterocycles. The minimum absolute atomic E-state index is 0.104. The molecule has 1 fully saturated rings. The van der Waals surface area contributed by atoms with Crippen molar-refractivity contribution < 1.29 is 14.5 Å². The van der Waals surface area contributed by atoms with Crippen LogP contribution in [-0.2, 0) is 4.74 Å². The van der Waals surface area contributed by atoms with Gasteiger partial charge in [0.15, 0.2) is 5.13 Å². The van der Waals surface area contributed by atoms with E-state index in [9.17, 15) is 14.9 Å². The smallest absolute Gasteiger partial charge is 0.270 e. The lowest BCUT2D eigenvalue weighted by molar-refractivity contribution is -0.384. The molecule has 0 N–H and O–H groups in total. The summed E-state index contributed by atoms with van der Waals surface area (Å²) in [6.45, 7) is 4.10. The van der Waals surface area contributed by atoms with E-state index in [0.29, 0.717) is 31.4 Å². The van der Waals surface area contributed by atoms with Gasteiger partial charge in [0.25, 0.3) is 11.6 Å². The maximum atomic E-state index is 13.4. The summed E-state index contributed by atoms with van der Waals surface area (Å²) in [5.74, 6) is -0.291. The number of nitro benzene ring substituents is 1. The van der Waals surface area contributed by atoms with Crippen LogP contribution in [0, 0.1) is 10.1 Å². The summed E-state index contributed by atoms with van der Waals surface area (Å²) in [6.07, 6.45) is 2.02. The van der Waals surface area contributed by atoms with Crippen molar-refractivity contribution >= 4 is 50.0 Å². The normalized spacial score (nSPS) is 14.6. The van der Waals surface area contributed by atoms with E-state index >= 15 is 0 Å². The minimum atomic E-state index is -0.490. The molecule has 0 bridgehead atoms. The topological polar surface area (TPSA) is 88.8 Å². The standard InChI is InChI=1S/C21H22N4O4S2/c1-30-17-5-6-18-19(14-17)31-21(22-18)24(8-7-23-9-11-29-12-10-23)20(26)15-3-2-4-16(13-15)25(27)28/h2-6,13-14H,7-12H2,1H3. The van der Waals surface area contributed by atoms with Gasteiger partial charge in [-0.05, 0) is 30.5 Å². The number of carbonyl (C=O) groups is 1. The van der Waals surface area contributed by atoms with E-state index in [0.717, 1.165) is 28.2 Å². The average molecular weight is 459 g/mol. The number of thiazole rings is 1. The molecule has 31 heavy (non-hydrogen) atoms. The highest BCUT2D eigenvalue weighted by Crippen LogP contribution is 2.32. The number of carbonyl (C=O) groups excluding carboxylic acids is 1. The van der Waals surface area contributed by atoms with Gasteiger partial charge in [-0.1, -0.05) is 17.4 Å². The summed E-state index contributed by atoms with van der Waals surface area (Å²) in [4.78, 5) is 33.8. The Bertz CT molecular complexity index is 1100. The number of ether oxygens (including phenoxy) is 1. The summed E-state index contributed by atoms with van der Waals surface area (Å²) in [7, 11) is 0. The Morgan fingerprint density at radius 2 is 2.10 bits per heavy atom. The number of rotatable bonds is 7. The Kier molecular flexibility index (Phi) is 6.81. The molecule has 1 amide bonds. The highest BCUT2D eigenvalue weighted by molar-refractivity contribution is 7.98. The van der Waals surface area contributed by atoms with Crippen LogP contribution < -0.4 is 4.90 Å². The summed E-state index contributed by atoms with van der Waals surface area (Å²) in [5, 5.41) is 11.8. The maximum Gasteiger partial charge on any atom is 0.270 e. The van der Waals surface area contributed by atoms with E-state index in [4.69, 9.17) is 9.72 Å². The predicted octanol–water partition coefficient (Wildman–Crippen LogP) is 3.91. The SMILES string of the molecule is CSc1ccc2nc(N(CCN3CCOCC3)C(=O)c3cccc([N+](=O)[O-])c3)sc2c1. The third kappa shape index (κ3) is 5.04. The van der Waals surface area contributed by atoms with Crippen molar-refractivity contribution in [1.29, 1.82) is 0 Å². The molecular formula is C21H22N4O4S2. The molecule has 0 atom stereocenters. The lowest BCUT2D eigenvalue weighted by Gasteiger charge is -2.29. The van der Waals surface area contributed by atoms with Gasteiger partial charge in [0, 0.05) is 48.8 Å². The molecule has 162 valence electrons. The molecule has 0 unspecified atom stereocenters. The van der Waals surface area contributed by atoms with E-state index < -0.39 is 4.92 Å². The van der Waals surface area contributed by atoms with E-state index in [1.165, 1.54) is 29.5 Å². The summed E-state index contributed by atoms with van der Waals surface area (Å²) < 4.78 is 6.41. The molecule has 8 nitrogen and oxygen atoms in total. The van der Waals surface area contributed by atoms with Crippen LogP contribution in [0.4, 0.5) is 10.8 Å². The Hall–Kier alpha value is -2.53. The zero-order valence-corrected chi connectivity index (χ0v) is 18.7. The van der Waals surface area contributed by atoms with Crippen LogP contribution in [0.5, 0.6) is 0 Å². The quantitative estimate of drug-likeness (QED) is 0.301. The van der Waals surface area contributed by atoms with E-state index in [-0.39, 0.29) is 17.2 Å². The van der Waals surface area contributed by atoms with Crippen LogP contribution in [0.15, 0.2) is 47.4 Å². The Morgan fingerprint density at radius 1 is 1.29 bits per heavy atom. The number of hydrogen-bond acceptors (Lipinski definition) is 8. The number of benzene rings is 2. The molecule has 0 radical (unpaired) electrons. The number of nitro groups is 1. The zero-order chi connectivity index (χ0) is 21.8. The lowest BCUT2D eigenvalue weighted by Crippen LogP contribution is -2.43. The monoisotopic (exact) mass is 458 g/mol. The molecule has 2 aromatic carbocycles. The highest BCUT2D eigenvalue weighted by Gasteiger charge is 2.24. The van der Waals surface area contributed by atoms with Crippen LogP contribution in [0.1, 0.15) is 10.4 Å². The first-order chi connectivity index (χ1) is 15.0. The lowest BCUT2D eigenvalue weighted by atomic mass is 10.2. The van der Waals surface area contributed by atoms with Crippen LogP contribution >= 0.6 is 23.1 Å². The van der Waals surface area contributed by atoms with E-state index in [1.807, 2.05) is 18.4 Å². The van der Waals surface area contributed by atoms with Crippen LogP contribution in [0.2, 0.25) is 0 Å². The Balaban J connectivity index is 1.65. The summed E-state index contributed by atoms with van der Waals surface area (Å²) in [5.41, 5.74) is 1.01. The van der Waals surface area contributed by atoms with Gasteiger partial charge in [-0.3, -0.25) is 24.7 Å². The van der Waals surface area contributed by atoms with Crippen LogP contribution in [-0.4, -0.2) is 66.4 Å². The van der Waals surface area contributed by atoms with Gasteiger partial charge in [-0.2, -0.15) is 0 Å². The molecule has 0 saturated carbocycles. The van der Waals surface area contributed by atoms with Gasteiger partial charge >= 0.3 is 0 Å². The van der Waals surface area contributed by atoms with Crippen molar-refractivity contribution in [3.63, 3.8) is 0 Å². The van der Waals surface area contributed by atoms with Crippen LogP contribution in [0.25, 0.3) is 10.2 Å². The minimum Gasteiger partial charge on any atom is -0.379 e. The first kappa shape index (κ1) is 21.7. The van der Waals surface area contributed by atoms with Gasteiger partial charge < -0.3 is 4.74 Å². The second kappa shape index (κ2) is 9.73. The third-order valence-corrected chi connectivity index (χ3v) is 6.87. The van der Waals surface area contributed by atoms with Gasteiger partial charge in [0.1, 0.15) is 0 Å². The largest absolute Gasteiger partial charge is 0.379 e. The van der Waals surface area contributed by atoms with Crippen molar-refractivity contribution in [3.05, 3.63) is 58.1 Å². The molecule has 3 aromatic rings. The number of fused-ring (bicyclic) bond motifs is 1. The number of hydrogen-bond donors (Lipinski definition) is 0. The molecule has 1 aliphatic heterocycles. The number of nitrogens with zero attached hydrogens (tertiary/aromatic N) is 4. The fourth-order valence-electron chi connectivity index (χ4n) is 3.39. The molecule has 10 heteroatoms. The molecule has 4 rings (SSSR count). The van der Waals surface area contributed by atoms with Gasteiger partial charge in [0.2, 0.25) is 0 Å². The van der Waals surface area contributed by atoms with Crippen LogP contribution in [0.3, 0.4) is 0 Å². The number of anilines is 1. The fourth-order valence-corrected chi connectivity index (χ4v) is 4.94. The fraction of sp³-hybridized carbons (Fsp3) is 0.333. The van der Waals surface area contributed by atoms with Crippen molar-refractivity contribution in [2.75, 3.05) is 50.5 Å². The molecule has 1 aliphatic rings. The molecule has 0 spiro atoms.